The first kappa shape index (κ1) is 11.6. The molecule has 2 aromatic heterocycles. The lowest BCUT2D eigenvalue weighted by molar-refractivity contribution is 0.446. The van der Waals surface area contributed by atoms with Crippen molar-refractivity contribution in [1.82, 2.24) is 25.3 Å². The predicted molar refractivity (Wildman–Crippen MR) is 69.2 cm³/mol. The maximum Gasteiger partial charge on any atom is 0.239 e. The zero-order valence-electron chi connectivity index (χ0n) is 10.7. The van der Waals surface area contributed by atoms with E-state index in [1.807, 2.05) is 18.2 Å². The number of nitrogens with zero attached hydrogens (tertiary/aromatic N) is 5. The molecule has 0 spiro atoms. The first-order valence-corrected chi connectivity index (χ1v) is 6.05. The monoisotopic (exact) mass is 255 g/mol. The minimum absolute atomic E-state index is 0.457. The highest BCUT2D eigenvalue weighted by Crippen LogP contribution is 2.23. The van der Waals surface area contributed by atoms with Crippen LogP contribution in [0.5, 0.6) is 11.6 Å². The summed E-state index contributed by atoms with van der Waals surface area (Å²) >= 11 is 0. The topological polar surface area (TPSA) is 65.2 Å². The molecule has 0 aliphatic heterocycles. The molecule has 0 aliphatic rings. The summed E-state index contributed by atoms with van der Waals surface area (Å²) < 4.78 is 7.05. The number of ether oxygens (including phenoxy) is 1. The van der Waals surface area contributed by atoms with Crippen molar-refractivity contribution in [1.29, 1.82) is 0 Å². The summed E-state index contributed by atoms with van der Waals surface area (Å²) in [5, 5.41) is 15.2. The summed E-state index contributed by atoms with van der Waals surface area (Å²) in [6, 6.07) is 11.5. The van der Waals surface area contributed by atoms with Gasteiger partial charge in [-0.1, -0.05) is 26.0 Å². The molecule has 6 heteroatoms. The zero-order valence-corrected chi connectivity index (χ0v) is 10.7. The Morgan fingerprint density at radius 3 is 2.89 bits per heavy atom. The Hall–Kier alpha value is -2.50. The first-order chi connectivity index (χ1) is 9.22. The van der Waals surface area contributed by atoms with Crippen LogP contribution in [0.1, 0.15) is 25.3 Å². The van der Waals surface area contributed by atoms with Crippen LogP contribution in [0.4, 0.5) is 0 Å². The fraction of sp³-hybridized carbons (Fsp3) is 0.231. The number of benzene rings is 1. The molecule has 96 valence electrons. The molecule has 0 radical (unpaired) electrons. The summed E-state index contributed by atoms with van der Waals surface area (Å²) in [6.07, 6.45) is 0. The SMILES string of the molecule is CC(C)c1cccc(Oc2ccc3nnnn3n2)c1. The van der Waals surface area contributed by atoms with Crippen LogP contribution >= 0.6 is 0 Å². The smallest absolute Gasteiger partial charge is 0.239 e. The summed E-state index contributed by atoms with van der Waals surface area (Å²) in [7, 11) is 0. The van der Waals surface area contributed by atoms with E-state index in [0.29, 0.717) is 17.4 Å². The third-order valence-electron chi connectivity index (χ3n) is 2.79. The van der Waals surface area contributed by atoms with Crippen molar-refractivity contribution < 1.29 is 4.74 Å². The molecule has 0 amide bonds. The number of tetrazole rings is 1. The molecule has 2 heterocycles. The molecule has 0 unspecified atom stereocenters. The van der Waals surface area contributed by atoms with Crippen molar-refractivity contribution in [2.45, 2.75) is 19.8 Å². The van der Waals surface area contributed by atoms with Crippen molar-refractivity contribution in [3.05, 3.63) is 42.0 Å². The third kappa shape index (κ3) is 2.37. The Morgan fingerprint density at radius 1 is 1.16 bits per heavy atom. The van der Waals surface area contributed by atoms with Gasteiger partial charge >= 0.3 is 0 Å². The van der Waals surface area contributed by atoms with Gasteiger partial charge in [0.1, 0.15) is 5.75 Å². The number of fused-ring (bicyclic) bond motifs is 1. The molecule has 0 fully saturated rings. The summed E-state index contributed by atoms with van der Waals surface area (Å²) in [4.78, 5) is 0. The van der Waals surface area contributed by atoms with Crippen molar-refractivity contribution in [2.75, 3.05) is 0 Å². The van der Waals surface area contributed by atoms with Gasteiger partial charge in [0.25, 0.3) is 0 Å². The highest BCUT2D eigenvalue weighted by Gasteiger charge is 2.05. The Kier molecular flexibility index (Phi) is 2.83. The fourth-order valence-corrected chi connectivity index (χ4v) is 1.75. The Bertz CT molecular complexity index is 707. The van der Waals surface area contributed by atoms with E-state index in [9.17, 15) is 0 Å². The number of aromatic nitrogens is 5. The Balaban J connectivity index is 1.89. The van der Waals surface area contributed by atoms with Crippen molar-refractivity contribution in [2.24, 2.45) is 0 Å². The molecular weight excluding hydrogens is 242 g/mol. The van der Waals surface area contributed by atoms with E-state index >= 15 is 0 Å². The van der Waals surface area contributed by atoms with E-state index < -0.39 is 0 Å². The molecule has 0 saturated heterocycles. The molecule has 0 bridgehead atoms. The summed E-state index contributed by atoms with van der Waals surface area (Å²) in [6.45, 7) is 4.29. The Labute approximate surface area is 110 Å². The second-order valence-corrected chi connectivity index (χ2v) is 4.53. The van der Waals surface area contributed by atoms with Crippen molar-refractivity contribution >= 4 is 5.65 Å². The maximum absolute atomic E-state index is 5.72. The molecule has 6 nitrogen and oxygen atoms in total. The van der Waals surface area contributed by atoms with Crippen LogP contribution < -0.4 is 4.74 Å². The predicted octanol–water partition coefficient (Wildman–Crippen LogP) is 2.44. The van der Waals surface area contributed by atoms with E-state index in [-0.39, 0.29) is 0 Å². The lowest BCUT2D eigenvalue weighted by atomic mass is 10.0. The number of rotatable bonds is 3. The van der Waals surface area contributed by atoms with E-state index in [1.165, 1.54) is 10.2 Å². The lowest BCUT2D eigenvalue weighted by Gasteiger charge is -2.08. The van der Waals surface area contributed by atoms with Gasteiger partial charge in [0.05, 0.1) is 0 Å². The highest BCUT2D eigenvalue weighted by atomic mass is 16.5. The molecule has 1 aromatic carbocycles. The minimum atomic E-state index is 0.457. The summed E-state index contributed by atoms with van der Waals surface area (Å²) in [5.74, 6) is 1.67. The molecule has 0 saturated carbocycles. The molecule has 19 heavy (non-hydrogen) atoms. The van der Waals surface area contributed by atoms with Gasteiger partial charge in [0.2, 0.25) is 5.88 Å². The number of hydrogen-bond acceptors (Lipinski definition) is 5. The van der Waals surface area contributed by atoms with Crippen LogP contribution in [0.2, 0.25) is 0 Å². The Morgan fingerprint density at radius 2 is 2.05 bits per heavy atom. The molecule has 0 aliphatic carbocycles. The van der Waals surface area contributed by atoms with Gasteiger partial charge in [-0.05, 0) is 40.1 Å². The normalized spacial score (nSPS) is 11.1. The van der Waals surface area contributed by atoms with Crippen LogP contribution in [0.3, 0.4) is 0 Å². The fourth-order valence-electron chi connectivity index (χ4n) is 1.75. The van der Waals surface area contributed by atoms with E-state index in [4.69, 9.17) is 4.74 Å². The largest absolute Gasteiger partial charge is 0.438 e. The van der Waals surface area contributed by atoms with Crippen LogP contribution in [0.25, 0.3) is 5.65 Å². The standard InChI is InChI=1S/C13H13N5O/c1-9(2)10-4-3-5-11(8-10)19-13-7-6-12-14-16-17-18(12)15-13/h3-9H,1-2H3. The van der Waals surface area contributed by atoms with Gasteiger partial charge in [-0.15, -0.1) is 14.8 Å². The van der Waals surface area contributed by atoms with E-state index in [2.05, 4.69) is 40.5 Å². The van der Waals surface area contributed by atoms with E-state index in [0.717, 1.165) is 5.75 Å². The van der Waals surface area contributed by atoms with Crippen molar-refractivity contribution in [3.8, 4) is 11.6 Å². The van der Waals surface area contributed by atoms with Crippen LogP contribution in [-0.2, 0) is 0 Å². The van der Waals surface area contributed by atoms with Gasteiger partial charge in [0.15, 0.2) is 5.65 Å². The molecular formula is C13H13N5O. The van der Waals surface area contributed by atoms with Crippen LogP contribution in [-0.4, -0.2) is 25.3 Å². The lowest BCUT2D eigenvalue weighted by Crippen LogP contribution is -1.97. The highest BCUT2D eigenvalue weighted by molar-refractivity contribution is 5.37. The maximum atomic E-state index is 5.72. The number of hydrogen-bond donors (Lipinski definition) is 0. The minimum Gasteiger partial charge on any atom is -0.438 e. The van der Waals surface area contributed by atoms with Gasteiger partial charge in [-0.2, -0.15) is 0 Å². The molecule has 0 atom stereocenters. The van der Waals surface area contributed by atoms with E-state index in [1.54, 1.807) is 12.1 Å². The van der Waals surface area contributed by atoms with Crippen LogP contribution in [0, 0.1) is 0 Å². The first-order valence-electron chi connectivity index (χ1n) is 6.05. The van der Waals surface area contributed by atoms with Gasteiger partial charge in [-0.25, -0.2) is 0 Å². The zero-order chi connectivity index (χ0) is 13.2. The molecule has 0 N–H and O–H groups in total. The molecule has 3 rings (SSSR count). The summed E-state index contributed by atoms with van der Waals surface area (Å²) in [5.41, 5.74) is 1.81. The van der Waals surface area contributed by atoms with Crippen LogP contribution in [0.15, 0.2) is 36.4 Å². The second kappa shape index (κ2) is 4.64. The van der Waals surface area contributed by atoms with Gasteiger partial charge in [-0.3, -0.25) is 0 Å². The van der Waals surface area contributed by atoms with Gasteiger partial charge in [0, 0.05) is 6.07 Å². The third-order valence-corrected chi connectivity index (χ3v) is 2.79. The average Bonchev–Trinajstić information content (AvgIpc) is 2.86. The quantitative estimate of drug-likeness (QED) is 0.719. The second-order valence-electron chi connectivity index (χ2n) is 4.53. The molecule has 3 aromatic rings. The average molecular weight is 255 g/mol. The van der Waals surface area contributed by atoms with Gasteiger partial charge < -0.3 is 4.74 Å². The van der Waals surface area contributed by atoms with Crippen molar-refractivity contribution in [3.63, 3.8) is 0 Å².